The Morgan fingerprint density at radius 2 is 1.66 bits per heavy atom. The Labute approximate surface area is 226 Å². The number of nitrogens with zero attached hydrogens (tertiary/aromatic N) is 2. The number of hydrogen-bond donors (Lipinski definition) is 5. The highest BCUT2D eigenvalue weighted by molar-refractivity contribution is 7.92. The molecule has 41 heavy (non-hydrogen) atoms. The summed E-state index contributed by atoms with van der Waals surface area (Å²) in [6.45, 7) is 0.972. The van der Waals surface area contributed by atoms with Crippen molar-refractivity contribution in [3.8, 4) is 5.75 Å². The van der Waals surface area contributed by atoms with Gasteiger partial charge in [-0.15, -0.1) is 13.2 Å². The average molecular weight is 620 g/mol. The van der Waals surface area contributed by atoms with E-state index in [9.17, 15) is 44.3 Å². The minimum absolute atomic E-state index is 0.00568. The van der Waals surface area contributed by atoms with Crippen LogP contribution in [0.5, 0.6) is 5.75 Å². The van der Waals surface area contributed by atoms with Crippen molar-refractivity contribution >= 4 is 33.5 Å². The number of carbonyl (C=O) groups is 2. The van der Waals surface area contributed by atoms with Gasteiger partial charge in [-0.3, -0.25) is 14.3 Å². The van der Waals surface area contributed by atoms with Crippen LogP contribution in [-0.2, 0) is 31.0 Å². The molecule has 0 unspecified atom stereocenters. The molecule has 0 spiro atoms. The summed E-state index contributed by atoms with van der Waals surface area (Å²) in [7, 11) is -4.66. The SMILES string of the molecule is Cc1ccc(NS(=O)(=O)c2ccccc2OC(F)(F)F)c(=O)n1CC(=O)NCCON=C(N)N.O=C(O)C(F)(F)F. The number of para-hydroxylation sites is 1. The fraction of sp³-hybridized carbons (Fsp3) is 0.300. The number of aryl methyl sites for hydroxylation is 1. The summed E-state index contributed by atoms with van der Waals surface area (Å²) >= 11 is 0. The number of oxime groups is 1. The minimum atomic E-state index is -5.14. The molecule has 0 radical (unpaired) electrons. The van der Waals surface area contributed by atoms with Crippen molar-refractivity contribution in [2.75, 3.05) is 17.9 Å². The highest BCUT2D eigenvalue weighted by atomic mass is 32.2. The predicted molar refractivity (Wildman–Crippen MR) is 128 cm³/mol. The maximum absolute atomic E-state index is 12.8. The lowest BCUT2D eigenvalue weighted by atomic mass is 10.3. The average Bonchev–Trinajstić information content (AvgIpc) is 2.82. The monoisotopic (exact) mass is 620 g/mol. The molecule has 0 atom stereocenters. The van der Waals surface area contributed by atoms with Crippen molar-refractivity contribution in [3.63, 3.8) is 0 Å². The number of anilines is 1. The molecule has 0 aliphatic carbocycles. The number of alkyl halides is 6. The van der Waals surface area contributed by atoms with E-state index in [-0.39, 0.29) is 19.1 Å². The van der Waals surface area contributed by atoms with E-state index in [0.29, 0.717) is 5.69 Å². The lowest BCUT2D eigenvalue weighted by Gasteiger charge is -2.16. The van der Waals surface area contributed by atoms with E-state index in [1.54, 1.807) is 0 Å². The third-order valence-electron chi connectivity index (χ3n) is 4.23. The van der Waals surface area contributed by atoms with Crippen LogP contribution in [0.3, 0.4) is 0 Å². The van der Waals surface area contributed by atoms with Crippen LogP contribution in [0.2, 0.25) is 0 Å². The first kappa shape index (κ1) is 34.3. The number of sulfonamides is 1. The summed E-state index contributed by atoms with van der Waals surface area (Å²) in [5.74, 6) is -4.65. The molecule has 21 heteroatoms. The molecule has 0 bridgehead atoms. The number of carbonyl (C=O) groups excluding carboxylic acids is 1. The zero-order chi connectivity index (χ0) is 31.6. The second-order valence-electron chi connectivity index (χ2n) is 7.38. The molecule has 0 aliphatic heterocycles. The zero-order valence-corrected chi connectivity index (χ0v) is 21.4. The number of carboxylic acids is 1. The maximum atomic E-state index is 12.8. The van der Waals surface area contributed by atoms with E-state index >= 15 is 0 Å². The van der Waals surface area contributed by atoms with Gasteiger partial charge in [0.05, 0.1) is 6.54 Å². The first-order valence-electron chi connectivity index (χ1n) is 10.6. The van der Waals surface area contributed by atoms with Gasteiger partial charge in [0.1, 0.15) is 29.5 Å². The van der Waals surface area contributed by atoms with Crippen LogP contribution in [0.25, 0.3) is 0 Å². The Hall–Kier alpha value is -4.69. The standard InChI is InChI=1S/C18H21F3N6O6S.C2HF3O2/c1-11-6-7-12(16(29)27(11)10-15(28)24-8-9-32-25-17(22)23)26-34(30,31)14-5-3-2-4-13(14)33-18(19,20)21;3-2(4,5)1(6)7/h2-7,26H,8-10H2,1H3,(H,24,28)(H4,22,23,25);(H,6,7). The van der Waals surface area contributed by atoms with Gasteiger partial charge in [0, 0.05) is 5.69 Å². The summed E-state index contributed by atoms with van der Waals surface area (Å²) in [5.41, 5.74) is 9.08. The predicted octanol–water partition coefficient (Wildman–Crippen LogP) is 0.811. The Kier molecular flexibility index (Phi) is 11.8. The molecule has 0 saturated heterocycles. The second kappa shape index (κ2) is 14.1. The van der Waals surface area contributed by atoms with Crippen molar-refractivity contribution in [1.29, 1.82) is 0 Å². The Morgan fingerprint density at radius 1 is 1.07 bits per heavy atom. The maximum Gasteiger partial charge on any atom is 0.573 e. The van der Waals surface area contributed by atoms with Gasteiger partial charge in [0.2, 0.25) is 11.9 Å². The molecule has 0 aliphatic rings. The number of carboxylic acid groups (broad SMARTS) is 1. The number of aliphatic carboxylic acids is 1. The van der Waals surface area contributed by atoms with Crippen molar-refractivity contribution < 1.29 is 59.0 Å². The van der Waals surface area contributed by atoms with Gasteiger partial charge in [-0.25, -0.2) is 13.2 Å². The molecule has 7 N–H and O–H groups in total. The largest absolute Gasteiger partial charge is 0.573 e. The fourth-order valence-electron chi connectivity index (χ4n) is 2.58. The van der Waals surface area contributed by atoms with E-state index in [0.717, 1.165) is 28.8 Å². The smallest absolute Gasteiger partial charge is 0.475 e. The lowest BCUT2D eigenvalue weighted by molar-refractivity contribution is -0.275. The zero-order valence-electron chi connectivity index (χ0n) is 20.6. The summed E-state index contributed by atoms with van der Waals surface area (Å²) in [6.07, 6.45) is -10.2. The highest BCUT2D eigenvalue weighted by Crippen LogP contribution is 2.30. The van der Waals surface area contributed by atoms with Crippen molar-refractivity contribution in [1.82, 2.24) is 9.88 Å². The molecule has 0 saturated carbocycles. The van der Waals surface area contributed by atoms with E-state index < -0.39 is 62.9 Å². The van der Waals surface area contributed by atoms with Gasteiger partial charge in [-0.1, -0.05) is 12.1 Å². The number of amides is 1. The molecule has 2 aromatic rings. The second-order valence-corrected chi connectivity index (χ2v) is 9.03. The van der Waals surface area contributed by atoms with E-state index in [4.69, 9.17) is 26.2 Å². The Balaban J connectivity index is 0.00000106. The van der Waals surface area contributed by atoms with Gasteiger partial charge in [-0.05, 0) is 36.3 Å². The summed E-state index contributed by atoms with van der Waals surface area (Å²) < 4.78 is 102. The highest BCUT2D eigenvalue weighted by Gasteiger charge is 2.38. The molecule has 1 aromatic carbocycles. The van der Waals surface area contributed by atoms with Crippen LogP contribution in [-0.4, -0.2) is 61.6 Å². The van der Waals surface area contributed by atoms with Gasteiger partial charge in [0.15, 0.2) is 0 Å². The number of hydrogen-bond acceptors (Lipinski definition) is 8. The number of pyridine rings is 1. The third-order valence-corrected chi connectivity index (χ3v) is 5.64. The van der Waals surface area contributed by atoms with Crippen LogP contribution >= 0.6 is 0 Å². The van der Waals surface area contributed by atoms with Crippen LogP contribution in [0.4, 0.5) is 32.0 Å². The van der Waals surface area contributed by atoms with Gasteiger partial charge >= 0.3 is 18.5 Å². The molecule has 0 fully saturated rings. The number of halogens is 6. The molecule has 2 rings (SSSR count). The molecular formula is C20H22F6N6O8S. The number of nitrogens with two attached hydrogens (primary N) is 2. The topological polar surface area (TPSA) is 217 Å². The normalized spacial score (nSPS) is 11.4. The van der Waals surface area contributed by atoms with Crippen molar-refractivity contribution in [2.45, 2.75) is 30.9 Å². The third kappa shape index (κ3) is 11.9. The first-order valence-corrected chi connectivity index (χ1v) is 12.1. The molecule has 1 aromatic heterocycles. The molecule has 1 amide bonds. The quantitative estimate of drug-likeness (QED) is 0.0828. The molecule has 228 valence electrons. The van der Waals surface area contributed by atoms with Crippen LogP contribution < -0.4 is 31.8 Å². The Bertz CT molecular complexity index is 1420. The number of aromatic nitrogens is 1. The molecule has 14 nitrogen and oxygen atoms in total. The number of benzene rings is 1. The van der Waals surface area contributed by atoms with Crippen molar-refractivity contribution in [3.05, 3.63) is 52.4 Å². The van der Waals surface area contributed by atoms with E-state index in [1.807, 2.05) is 4.72 Å². The van der Waals surface area contributed by atoms with E-state index in [2.05, 4.69) is 15.2 Å². The number of nitrogens with one attached hydrogen (secondary N) is 2. The van der Waals surface area contributed by atoms with Crippen LogP contribution in [0.15, 0.2) is 51.2 Å². The van der Waals surface area contributed by atoms with Gasteiger partial charge in [-0.2, -0.15) is 13.2 Å². The summed E-state index contributed by atoms with van der Waals surface area (Å²) in [6, 6.07) is 6.52. The summed E-state index contributed by atoms with van der Waals surface area (Å²) in [5, 5.41) is 12.8. The number of ether oxygens (including phenoxy) is 1. The Morgan fingerprint density at radius 3 is 2.20 bits per heavy atom. The fourth-order valence-corrected chi connectivity index (χ4v) is 3.77. The van der Waals surface area contributed by atoms with Crippen molar-refractivity contribution in [2.24, 2.45) is 16.6 Å². The van der Waals surface area contributed by atoms with Gasteiger partial charge < -0.3 is 36.0 Å². The number of guanidine groups is 1. The number of rotatable bonds is 10. The van der Waals surface area contributed by atoms with Crippen LogP contribution in [0.1, 0.15) is 5.69 Å². The van der Waals surface area contributed by atoms with Gasteiger partial charge in [0.25, 0.3) is 15.6 Å². The van der Waals surface area contributed by atoms with E-state index in [1.165, 1.54) is 19.1 Å². The van der Waals surface area contributed by atoms with Crippen LogP contribution in [0, 0.1) is 6.92 Å². The summed E-state index contributed by atoms with van der Waals surface area (Å²) in [4.78, 5) is 37.7. The minimum Gasteiger partial charge on any atom is -0.475 e. The molecular weight excluding hydrogens is 598 g/mol. The lowest BCUT2D eigenvalue weighted by Crippen LogP contribution is -2.36. The first-order chi connectivity index (χ1) is 18.7. The molecule has 1 heterocycles.